The maximum absolute atomic E-state index is 13.9. The van der Waals surface area contributed by atoms with E-state index in [1.165, 1.54) is 14.2 Å². The van der Waals surface area contributed by atoms with Crippen LogP contribution in [-0.2, 0) is 19.1 Å². The molecule has 0 spiro atoms. The van der Waals surface area contributed by atoms with E-state index in [9.17, 15) is 24.4 Å². The molecular formula is C43H49N9O6. The van der Waals surface area contributed by atoms with Gasteiger partial charge in [-0.3, -0.25) is 9.59 Å². The summed E-state index contributed by atoms with van der Waals surface area (Å²) in [5.41, 5.74) is 5.44. The molecule has 0 bridgehead atoms. The number of nitrogens with zero attached hydrogens (tertiary/aromatic N) is 5. The number of methoxy groups -OCH3 is 2. The zero-order valence-corrected chi connectivity index (χ0v) is 33.5. The summed E-state index contributed by atoms with van der Waals surface area (Å²) in [6, 6.07) is 16.6. The largest absolute Gasteiger partial charge is 0.453 e. The molecule has 4 N–H and O–H groups in total. The highest BCUT2D eigenvalue weighted by molar-refractivity contribution is 5.88. The number of rotatable bonds is 11. The molecule has 58 heavy (non-hydrogen) atoms. The summed E-state index contributed by atoms with van der Waals surface area (Å²) in [5, 5.41) is 15.5. The van der Waals surface area contributed by atoms with Crippen molar-refractivity contribution in [3.8, 4) is 39.7 Å². The van der Waals surface area contributed by atoms with Crippen LogP contribution in [0.2, 0.25) is 0 Å². The number of benzene rings is 2. The van der Waals surface area contributed by atoms with E-state index < -0.39 is 24.3 Å². The number of likely N-dealkylation sites (tertiary alicyclic amines) is 2. The summed E-state index contributed by atoms with van der Waals surface area (Å²) in [4.78, 5) is 71.8. The third-order valence-electron chi connectivity index (χ3n) is 12.3. The molecule has 2 aromatic heterocycles. The van der Waals surface area contributed by atoms with Crippen molar-refractivity contribution in [2.24, 2.45) is 23.7 Å². The Morgan fingerprint density at radius 3 is 1.64 bits per heavy atom. The fraction of sp³-hybridized carbons (Fsp3) is 0.465. The summed E-state index contributed by atoms with van der Waals surface area (Å²) in [6.07, 6.45) is 3.96. The fourth-order valence-corrected chi connectivity index (χ4v) is 8.92. The lowest BCUT2D eigenvalue weighted by Crippen LogP contribution is -2.52. The number of hydrogen-bond donors (Lipinski definition) is 4. The van der Waals surface area contributed by atoms with E-state index in [4.69, 9.17) is 14.5 Å². The Balaban J connectivity index is 0.961. The number of amides is 4. The van der Waals surface area contributed by atoms with Gasteiger partial charge >= 0.3 is 12.2 Å². The van der Waals surface area contributed by atoms with E-state index >= 15 is 0 Å². The molecule has 8 atom stereocenters. The van der Waals surface area contributed by atoms with Crippen molar-refractivity contribution < 1.29 is 28.7 Å². The minimum Gasteiger partial charge on any atom is -0.453 e. The second-order valence-corrected chi connectivity index (χ2v) is 16.6. The second-order valence-electron chi connectivity index (χ2n) is 16.6. The first-order chi connectivity index (χ1) is 27.9. The van der Waals surface area contributed by atoms with Crippen LogP contribution in [0.4, 0.5) is 9.59 Å². The van der Waals surface area contributed by atoms with Crippen LogP contribution in [-0.4, -0.2) is 92.1 Å². The highest BCUT2D eigenvalue weighted by Crippen LogP contribution is 2.54. The van der Waals surface area contributed by atoms with Gasteiger partial charge in [-0.25, -0.2) is 19.6 Å². The molecule has 8 rings (SSSR count). The third-order valence-corrected chi connectivity index (χ3v) is 12.3. The standard InChI is InChI=1S/C43H49N9O6/c1-21(2)35(49-42(55)57-5)40(53)51-31-15-27(31)17-33(51)38-45-20-30(47-38)25-11-7-23(8-12-25)24-9-13-26(14-10-24)37-29(19-44)46-39(48-37)34-18-28-16-32(28)52(34)41(54)36(22(3)4)50-43(56)58-6/h7-14,20-22,27-28,31-36H,15-18H2,1-6H3,(H,45,47)(H,46,48)(H,49,55)(H,50,56)/t27?,28?,31-,32?,33+,34+,35+,36+/m1/s1. The number of fused-ring (bicyclic) bond motifs is 2. The van der Waals surface area contributed by atoms with Gasteiger partial charge in [0.25, 0.3) is 0 Å². The van der Waals surface area contributed by atoms with Gasteiger partial charge in [0.2, 0.25) is 11.8 Å². The lowest BCUT2D eigenvalue weighted by Gasteiger charge is -2.31. The monoisotopic (exact) mass is 787 g/mol. The van der Waals surface area contributed by atoms with Crippen molar-refractivity contribution in [2.45, 2.75) is 89.6 Å². The molecule has 2 saturated carbocycles. The number of aromatic amines is 2. The molecule has 15 heteroatoms. The van der Waals surface area contributed by atoms with Gasteiger partial charge in [-0.2, -0.15) is 5.26 Å². The molecule has 4 aromatic rings. The van der Waals surface area contributed by atoms with Crippen molar-refractivity contribution in [3.05, 3.63) is 72.1 Å². The van der Waals surface area contributed by atoms with Crippen molar-refractivity contribution >= 4 is 24.0 Å². The molecule has 0 radical (unpaired) electrons. The van der Waals surface area contributed by atoms with Crippen LogP contribution in [0.15, 0.2) is 54.7 Å². The predicted molar refractivity (Wildman–Crippen MR) is 212 cm³/mol. The van der Waals surface area contributed by atoms with Gasteiger partial charge in [-0.05, 0) is 66.0 Å². The van der Waals surface area contributed by atoms with Crippen molar-refractivity contribution in [1.29, 1.82) is 5.26 Å². The van der Waals surface area contributed by atoms with Crippen LogP contribution in [0.25, 0.3) is 33.6 Å². The van der Waals surface area contributed by atoms with Crippen LogP contribution < -0.4 is 10.6 Å². The Kier molecular flexibility index (Phi) is 10.2. The average molecular weight is 788 g/mol. The van der Waals surface area contributed by atoms with Crippen molar-refractivity contribution in [3.63, 3.8) is 0 Å². The fourth-order valence-electron chi connectivity index (χ4n) is 8.92. The van der Waals surface area contributed by atoms with Crippen LogP contribution in [0.3, 0.4) is 0 Å². The molecule has 2 saturated heterocycles. The lowest BCUT2D eigenvalue weighted by molar-refractivity contribution is -0.137. The van der Waals surface area contributed by atoms with Gasteiger partial charge < -0.3 is 39.9 Å². The Hall–Kier alpha value is -6.17. The van der Waals surface area contributed by atoms with Crippen LogP contribution in [0, 0.1) is 35.0 Å². The van der Waals surface area contributed by atoms with Gasteiger partial charge in [0.05, 0.1) is 43.9 Å². The minimum absolute atomic E-state index is 0.0814. The zero-order valence-electron chi connectivity index (χ0n) is 33.5. The van der Waals surface area contributed by atoms with E-state index in [-0.39, 0.29) is 53.5 Å². The molecule has 2 aliphatic carbocycles. The number of piperidine rings is 2. The topological polar surface area (TPSA) is 198 Å². The summed E-state index contributed by atoms with van der Waals surface area (Å²) in [5.74, 6) is 1.53. The van der Waals surface area contributed by atoms with Crippen LogP contribution in [0.1, 0.15) is 82.8 Å². The molecule has 15 nitrogen and oxygen atoms in total. The van der Waals surface area contributed by atoms with E-state index in [1.54, 1.807) is 6.20 Å². The number of ether oxygens (including phenoxy) is 2. The number of imidazole rings is 2. The van der Waals surface area contributed by atoms with Crippen LogP contribution in [0.5, 0.6) is 0 Å². The normalized spacial score (nSPS) is 23.8. The van der Waals surface area contributed by atoms with E-state index in [2.05, 4.69) is 31.7 Å². The molecule has 2 aromatic carbocycles. The van der Waals surface area contributed by atoms with Crippen molar-refractivity contribution in [2.75, 3.05) is 14.2 Å². The highest BCUT2D eigenvalue weighted by Gasteiger charge is 2.57. The zero-order chi connectivity index (χ0) is 41.0. The van der Waals surface area contributed by atoms with E-state index in [0.717, 1.165) is 59.5 Å². The van der Waals surface area contributed by atoms with Gasteiger partial charge in [-0.15, -0.1) is 0 Å². The number of nitrogens with one attached hydrogen (secondary N) is 4. The first kappa shape index (κ1) is 38.7. The lowest BCUT2D eigenvalue weighted by atomic mass is 10.0. The molecule has 4 amide bonds. The number of hydrogen-bond acceptors (Lipinski definition) is 9. The molecule has 4 heterocycles. The van der Waals surface area contributed by atoms with Crippen molar-refractivity contribution in [1.82, 2.24) is 40.4 Å². The number of carbonyl (C=O) groups excluding carboxylic acids is 4. The Morgan fingerprint density at radius 2 is 1.17 bits per heavy atom. The number of aromatic nitrogens is 4. The van der Waals surface area contributed by atoms with Crippen LogP contribution >= 0.6 is 0 Å². The second kappa shape index (κ2) is 15.3. The SMILES string of the molecule is COC(=O)N[C@H](C(=O)N1C2CC2C[C@H]1c1nc(C#N)c(-c2ccc(-c3ccc(-c4cnc([C@@H]5CC6C[C@H]6N5C(=O)[C@@H](NC(=O)OC)C(C)C)[nH]4)cc3)cc2)[nH]1)C(C)C. The first-order valence-electron chi connectivity index (χ1n) is 20.0. The minimum atomic E-state index is -0.745. The molecular weight excluding hydrogens is 739 g/mol. The van der Waals surface area contributed by atoms with E-state index in [1.807, 2.05) is 86.0 Å². The molecule has 2 aliphatic heterocycles. The third kappa shape index (κ3) is 7.16. The number of carbonyl (C=O) groups is 4. The van der Waals surface area contributed by atoms with Gasteiger partial charge in [-0.1, -0.05) is 76.2 Å². The molecule has 4 fully saturated rings. The van der Waals surface area contributed by atoms with Gasteiger partial charge in [0.15, 0.2) is 5.69 Å². The van der Waals surface area contributed by atoms with Gasteiger partial charge in [0, 0.05) is 17.6 Å². The molecule has 4 aliphatic rings. The predicted octanol–water partition coefficient (Wildman–Crippen LogP) is 6.09. The average Bonchev–Trinajstić information content (AvgIpc) is 3.85. The number of H-pyrrole nitrogens is 2. The molecule has 3 unspecified atom stereocenters. The Morgan fingerprint density at radius 1 is 0.707 bits per heavy atom. The summed E-state index contributed by atoms with van der Waals surface area (Å²) < 4.78 is 9.57. The van der Waals surface area contributed by atoms with Gasteiger partial charge in [0.1, 0.15) is 29.8 Å². The maximum Gasteiger partial charge on any atom is 0.407 e. The first-order valence-corrected chi connectivity index (χ1v) is 20.0. The highest BCUT2D eigenvalue weighted by atomic mass is 16.5. The Labute approximate surface area is 336 Å². The number of alkyl carbamates (subject to hydrolysis) is 2. The summed E-state index contributed by atoms with van der Waals surface area (Å²) in [7, 11) is 2.57. The summed E-state index contributed by atoms with van der Waals surface area (Å²) >= 11 is 0. The van der Waals surface area contributed by atoms with E-state index in [0.29, 0.717) is 23.4 Å². The number of nitriles is 1. The Bertz CT molecular complexity index is 2260. The quantitative estimate of drug-likeness (QED) is 0.139. The smallest absolute Gasteiger partial charge is 0.407 e. The molecule has 302 valence electrons. The summed E-state index contributed by atoms with van der Waals surface area (Å²) in [6.45, 7) is 7.59. The maximum atomic E-state index is 13.9.